The van der Waals surface area contributed by atoms with Gasteiger partial charge in [-0.3, -0.25) is 14.6 Å². The molecule has 7 nitrogen and oxygen atoms in total. The van der Waals surface area contributed by atoms with Gasteiger partial charge in [0.25, 0.3) is 11.5 Å². The molecule has 4 rings (SSSR count). The molecular formula is C18H20F3N5O2. The quantitative estimate of drug-likeness (QED) is 0.864. The molecule has 1 fully saturated rings. The summed E-state index contributed by atoms with van der Waals surface area (Å²) in [5.41, 5.74) is 1.59. The molecule has 0 saturated carbocycles. The molecular weight excluding hydrogens is 375 g/mol. The standard InChI is InChI=1S/C18H20F3N5O2/c19-18(20,21)8-11-4-6-25(7-5-11)16(28)12-9-22-26(10-12)17-23-14-3-1-2-13(14)15(27)24-17/h9-11H,1-8H2,(H,23,24,27). The summed E-state index contributed by atoms with van der Waals surface area (Å²) in [4.78, 5) is 33.4. The van der Waals surface area contributed by atoms with Gasteiger partial charge in [-0.2, -0.15) is 18.3 Å². The van der Waals surface area contributed by atoms with Crippen LogP contribution in [0.2, 0.25) is 0 Å². The second-order valence-electron chi connectivity index (χ2n) is 7.40. The zero-order valence-electron chi connectivity index (χ0n) is 15.1. The molecule has 3 heterocycles. The largest absolute Gasteiger partial charge is 0.389 e. The smallest absolute Gasteiger partial charge is 0.339 e. The predicted molar refractivity (Wildman–Crippen MR) is 93.3 cm³/mol. The van der Waals surface area contributed by atoms with Gasteiger partial charge in [-0.15, -0.1) is 0 Å². The molecule has 0 unspecified atom stereocenters. The van der Waals surface area contributed by atoms with Crippen molar-refractivity contribution >= 4 is 5.91 Å². The first kappa shape index (κ1) is 18.7. The maximum absolute atomic E-state index is 12.6. The average molecular weight is 395 g/mol. The van der Waals surface area contributed by atoms with Crippen molar-refractivity contribution in [2.45, 2.75) is 44.7 Å². The van der Waals surface area contributed by atoms with Gasteiger partial charge in [0.15, 0.2) is 0 Å². The van der Waals surface area contributed by atoms with E-state index in [-0.39, 0.29) is 17.4 Å². The van der Waals surface area contributed by atoms with Crippen LogP contribution in [0.5, 0.6) is 0 Å². The number of alkyl halides is 3. The van der Waals surface area contributed by atoms with E-state index >= 15 is 0 Å². The number of H-pyrrole nitrogens is 1. The molecule has 150 valence electrons. The van der Waals surface area contributed by atoms with Crippen molar-refractivity contribution in [3.63, 3.8) is 0 Å². The van der Waals surface area contributed by atoms with Crippen molar-refractivity contribution < 1.29 is 18.0 Å². The number of halogens is 3. The predicted octanol–water partition coefficient (Wildman–Crippen LogP) is 2.25. The van der Waals surface area contributed by atoms with Crippen molar-refractivity contribution in [2.75, 3.05) is 13.1 Å². The third kappa shape index (κ3) is 3.81. The fraction of sp³-hybridized carbons (Fsp3) is 0.556. The van der Waals surface area contributed by atoms with Crippen LogP contribution in [0.3, 0.4) is 0 Å². The molecule has 0 bridgehead atoms. The fourth-order valence-corrected chi connectivity index (χ4v) is 3.94. The number of nitrogens with zero attached hydrogens (tertiary/aromatic N) is 4. The summed E-state index contributed by atoms with van der Waals surface area (Å²) < 4.78 is 38.9. The van der Waals surface area contributed by atoms with Crippen molar-refractivity contribution in [3.05, 3.63) is 39.6 Å². The Morgan fingerprint density at radius 2 is 2.00 bits per heavy atom. The summed E-state index contributed by atoms with van der Waals surface area (Å²) in [6.07, 6.45) is 0.917. The van der Waals surface area contributed by atoms with E-state index in [0.717, 1.165) is 18.5 Å². The van der Waals surface area contributed by atoms with Gasteiger partial charge in [0.2, 0.25) is 5.95 Å². The Morgan fingerprint density at radius 3 is 2.71 bits per heavy atom. The molecule has 1 saturated heterocycles. The highest BCUT2D eigenvalue weighted by atomic mass is 19.4. The number of aryl methyl sites for hydroxylation is 1. The Balaban J connectivity index is 1.44. The molecule has 2 aromatic heterocycles. The van der Waals surface area contributed by atoms with Crippen LogP contribution < -0.4 is 5.56 Å². The van der Waals surface area contributed by atoms with Gasteiger partial charge in [-0.25, -0.2) is 9.67 Å². The topological polar surface area (TPSA) is 83.9 Å². The summed E-state index contributed by atoms with van der Waals surface area (Å²) in [5.74, 6) is -0.457. The van der Waals surface area contributed by atoms with Crippen LogP contribution in [-0.2, 0) is 12.8 Å². The molecule has 10 heteroatoms. The van der Waals surface area contributed by atoms with E-state index in [1.807, 2.05) is 0 Å². The minimum absolute atomic E-state index is 0.187. The van der Waals surface area contributed by atoms with Gasteiger partial charge >= 0.3 is 6.18 Å². The lowest BCUT2D eigenvalue weighted by atomic mass is 9.93. The molecule has 1 amide bonds. The summed E-state index contributed by atoms with van der Waals surface area (Å²) in [6, 6.07) is 0. The van der Waals surface area contributed by atoms with Crippen molar-refractivity contribution in [1.82, 2.24) is 24.6 Å². The summed E-state index contributed by atoms with van der Waals surface area (Å²) in [5, 5.41) is 4.12. The number of amides is 1. The van der Waals surface area contributed by atoms with Crippen LogP contribution in [0.15, 0.2) is 17.2 Å². The second-order valence-corrected chi connectivity index (χ2v) is 7.40. The summed E-state index contributed by atoms with van der Waals surface area (Å²) in [7, 11) is 0. The van der Waals surface area contributed by atoms with E-state index in [1.54, 1.807) is 4.90 Å². The number of hydrogen-bond acceptors (Lipinski definition) is 4. The number of aromatic amines is 1. The third-order valence-corrected chi connectivity index (χ3v) is 5.40. The SMILES string of the molecule is O=C(c1cnn(-c2nc3c(c(=O)[nH]2)CCC3)c1)N1CCC(CC(F)(F)F)CC1. The normalized spacial score (nSPS) is 17.8. The van der Waals surface area contributed by atoms with Gasteiger partial charge in [-0.05, 0) is 38.0 Å². The van der Waals surface area contributed by atoms with Crippen LogP contribution in [0, 0.1) is 5.92 Å². The van der Waals surface area contributed by atoms with Crippen molar-refractivity contribution in [1.29, 1.82) is 0 Å². The van der Waals surface area contributed by atoms with Crippen LogP contribution in [0.1, 0.15) is 47.3 Å². The summed E-state index contributed by atoms with van der Waals surface area (Å²) in [6.45, 7) is 0.581. The fourth-order valence-electron chi connectivity index (χ4n) is 3.94. The van der Waals surface area contributed by atoms with E-state index in [1.165, 1.54) is 17.1 Å². The first-order chi connectivity index (χ1) is 13.3. The first-order valence-corrected chi connectivity index (χ1v) is 9.33. The lowest BCUT2D eigenvalue weighted by molar-refractivity contribution is -0.147. The maximum atomic E-state index is 12.6. The van der Waals surface area contributed by atoms with E-state index in [9.17, 15) is 22.8 Å². The Hall–Kier alpha value is -2.65. The van der Waals surface area contributed by atoms with E-state index in [0.29, 0.717) is 43.5 Å². The first-order valence-electron chi connectivity index (χ1n) is 9.33. The zero-order chi connectivity index (χ0) is 19.9. The molecule has 0 atom stereocenters. The number of carbonyl (C=O) groups is 1. The lowest BCUT2D eigenvalue weighted by Gasteiger charge is -2.32. The molecule has 1 aliphatic carbocycles. The Morgan fingerprint density at radius 1 is 1.25 bits per heavy atom. The van der Waals surface area contributed by atoms with Crippen molar-refractivity contribution in [2.24, 2.45) is 5.92 Å². The van der Waals surface area contributed by atoms with Gasteiger partial charge in [0.05, 0.1) is 17.5 Å². The molecule has 0 radical (unpaired) electrons. The highest BCUT2D eigenvalue weighted by Crippen LogP contribution is 2.31. The molecule has 2 aromatic rings. The van der Waals surface area contributed by atoms with Crippen LogP contribution >= 0.6 is 0 Å². The van der Waals surface area contributed by atoms with Crippen molar-refractivity contribution in [3.8, 4) is 5.95 Å². The number of fused-ring (bicyclic) bond motifs is 1. The third-order valence-electron chi connectivity index (χ3n) is 5.40. The molecule has 0 spiro atoms. The van der Waals surface area contributed by atoms with Crippen LogP contribution in [-0.4, -0.2) is 49.8 Å². The van der Waals surface area contributed by atoms with Crippen LogP contribution in [0.25, 0.3) is 5.95 Å². The number of piperidine rings is 1. The van der Waals surface area contributed by atoms with Gasteiger partial charge in [-0.1, -0.05) is 0 Å². The molecule has 1 aliphatic heterocycles. The zero-order valence-corrected chi connectivity index (χ0v) is 15.1. The highest BCUT2D eigenvalue weighted by molar-refractivity contribution is 5.93. The molecule has 2 aliphatic rings. The number of aromatic nitrogens is 4. The second kappa shape index (κ2) is 7.06. The summed E-state index contributed by atoms with van der Waals surface area (Å²) >= 11 is 0. The lowest BCUT2D eigenvalue weighted by Crippen LogP contribution is -2.39. The Bertz CT molecular complexity index is 941. The van der Waals surface area contributed by atoms with Gasteiger partial charge in [0.1, 0.15) is 0 Å². The van der Waals surface area contributed by atoms with Gasteiger partial charge in [0, 0.05) is 31.3 Å². The maximum Gasteiger partial charge on any atom is 0.389 e. The molecule has 0 aromatic carbocycles. The van der Waals surface area contributed by atoms with Crippen LogP contribution in [0.4, 0.5) is 13.2 Å². The Kier molecular flexibility index (Phi) is 4.72. The van der Waals surface area contributed by atoms with E-state index in [4.69, 9.17) is 0 Å². The Labute approximate surface area is 158 Å². The highest BCUT2D eigenvalue weighted by Gasteiger charge is 2.34. The van der Waals surface area contributed by atoms with Gasteiger partial charge < -0.3 is 4.90 Å². The number of carbonyl (C=O) groups excluding carboxylic acids is 1. The number of hydrogen-bond donors (Lipinski definition) is 1. The molecule has 28 heavy (non-hydrogen) atoms. The monoisotopic (exact) mass is 395 g/mol. The number of likely N-dealkylation sites (tertiary alicyclic amines) is 1. The van der Waals surface area contributed by atoms with E-state index in [2.05, 4.69) is 15.1 Å². The minimum atomic E-state index is -4.17. The minimum Gasteiger partial charge on any atom is -0.339 e. The number of rotatable bonds is 3. The molecule has 1 N–H and O–H groups in total. The number of nitrogens with one attached hydrogen (secondary N) is 1. The van der Waals surface area contributed by atoms with E-state index < -0.39 is 18.5 Å². The average Bonchev–Trinajstić information content (AvgIpc) is 3.30.